The first kappa shape index (κ1) is 12.9. The van der Waals surface area contributed by atoms with Crippen molar-refractivity contribution in [1.29, 1.82) is 0 Å². The van der Waals surface area contributed by atoms with Crippen molar-refractivity contribution in [2.75, 3.05) is 6.61 Å². The number of aliphatic hydroxyl groups is 1. The van der Waals surface area contributed by atoms with E-state index in [-0.39, 0.29) is 12.1 Å². The largest absolute Gasteiger partial charge is 0.394 e. The summed E-state index contributed by atoms with van der Waals surface area (Å²) in [6, 6.07) is -1.40. The zero-order chi connectivity index (χ0) is 12.2. The Morgan fingerprint density at radius 2 is 2.00 bits per heavy atom. The molecule has 1 atom stereocenters. The van der Waals surface area contributed by atoms with Crippen LogP contribution in [0.15, 0.2) is 0 Å². The lowest BCUT2D eigenvalue weighted by molar-refractivity contribution is -0.122. The fraction of sp³-hybridized carbons (Fsp3) is 0.800. The van der Waals surface area contributed by atoms with Gasteiger partial charge in [0.2, 0.25) is 5.91 Å². The van der Waals surface area contributed by atoms with Crippen molar-refractivity contribution >= 4 is 11.9 Å². The molecule has 0 aromatic carbocycles. The average molecular weight is 229 g/mol. The molecule has 0 aromatic heterocycles. The number of hydrogen-bond acceptors (Lipinski definition) is 4. The first-order valence-corrected chi connectivity index (χ1v) is 5.48. The van der Waals surface area contributed by atoms with Crippen LogP contribution in [0.25, 0.3) is 0 Å². The van der Waals surface area contributed by atoms with Crippen LogP contribution in [0.2, 0.25) is 0 Å². The highest BCUT2D eigenvalue weighted by Gasteiger charge is 2.35. The van der Waals surface area contributed by atoms with Gasteiger partial charge in [-0.1, -0.05) is 12.8 Å². The summed E-state index contributed by atoms with van der Waals surface area (Å²) in [7, 11) is 0. The fourth-order valence-corrected chi connectivity index (χ4v) is 2.15. The molecule has 0 aromatic rings. The van der Waals surface area contributed by atoms with Crippen molar-refractivity contribution in [2.45, 2.75) is 44.2 Å². The summed E-state index contributed by atoms with van der Waals surface area (Å²) in [5.74, 6) is -0.466. The van der Waals surface area contributed by atoms with Crippen molar-refractivity contribution in [3.63, 3.8) is 0 Å². The average Bonchev–Trinajstić information content (AvgIpc) is 2.66. The van der Waals surface area contributed by atoms with Gasteiger partial charge >= 0.3 is 6.03 Å². The van der Waals surface area contributed by atoms with E-state index in [9.17, 15) is 14.7 Å². The van der Waals surface area contributed by atoms with Gasteiger partial charge in [0.15, 0.2) is 0 Å². The quantitative estimate of drug-likeness (QED) is 0.520. The molecule has 1 rings (SSSR count). The van der Waals surface area contributed by atoms with Gasteiger partial charge in [-0.15, -0.1) is 0 Å². The molecule has 5 N–H and O–H groups in total. The maximum Gasteiger partial charge on any atom is 0.318 e. The summed E-state index contributed by atoms with van der Waals surface area (Å²) in [6.07, 6.45) is 3.77. The van der Waals surface area contributed by atoms with Gasteiger partial charge < -0.3 is 10.8 Å². The second kappa shape index (κ2) is 5.27. The number of carbonyl (C=O) groups excluding carboxylic acids is 2. The standard InChI is InChI=1S/C10H19N3O3/c1-7(8(15)12-9(11)16)13-10(6-14)4-2-3-5-10/h7,13-14H,2-6H2,1H3,(H3,11,12,15,16). The molecule has 3 amide bonds. The summed E-state index contributed by atoms with van der Waals surface area (Å²) < 4.78 is 0. The van der Waals surface area contributed by atoms with Crippen LogP contribution >= 0.6 is 0 Å². The maximum atomic E-state index is 11.4. The summed E-state index contributed by atoms with van der Waals surface area (Å²) in [5.41, 5.74) is 4.48. The lowest BCUT2D eigenvalue weighted by atomic mass is 9.97. The highest BCUT2D eigenvalue weighted by atomic mass is 16.3. The Hall–Kier alpha value is -1.14. The van der Waals surface area contributed by atoms with Crippen LogP contribution in [0.1, 0.15) is 32.6 Å². The van der Waals surface area contributed by atoms with E-state index < -0.39 is 18.0 Å². The second-order valence-electron chi connectivity index (χ2n) is 4.37. The first-order chi connectivity index (χ1) is 7.49. The van der Waals surface area contributed by atoms with Crippen LogP contribution < -0.4 is 16.4 Å². The van der Waals surface area contributed by atoms with Crippen LogP contribution in [-0.2, 0) is 4.79 Å². The number of primary amides is 1. The normalized spacial score (nSPS) is 20.4. The van der Waals surface area contributed by atoms with E-state index in [1.54, 1.807) is 6.92 Å². The van der Waals surface area contributed by atoms with Crippen LogP contribution in [0.5, 0.6) is 0 Å². The minimum atomic E-state index is -0.858. The third-order valence-corrected chi connectivity index (χ3v) is 3.03. The van der Waals surface area contributed by atoms with Gasteiger partial charge in [-0.05, 0) is 19.8 Å². The van der Waals surface area contributed by atoms with Gasteiger partial charge in [-0.25, -0.2) is 4.79 Å². The Balaban J connectivity index is 2.51. The molecule has 0 saturated heterocycles. The predicted octanol–water partition coefficient (Wildman–Crippen LogP) is -0.535. The smallest absolute Gasteiger partial charge is 0.318 e. The van der Waals surface area contributed by atoms with E-state index in [1.807, 2.05) is 5.32 Å². The monoisotopic (exact) mass is 229 g/mol. The molecule has 0 spiro atoms. The number of urea groups is 1. The van der Waals surface area contributed by atoms with Gasteiger partial charge in [0.05, 0.1) is 12.6 Å². The van der Waals surface area contributed by atoms with E-state index in [0.29, 0.717) is 0 Å². The van der Waals surface area contributed by atoms with Crippen LogP contribution in [0.4, 0.5) is 4.79 Å². The summed E-state index contributed by atoms with van der Waals surface area (Å²) in [4.78, 5) is 22.0. The molecule has 0 radical (unpaired) electrons. The van der Waals surface area contributed by atoms with Gasteiger partial charge in [-0.3, -0.25) is 15.4 Å². The van der Waals surface area contributed by atoms with Crippen molar-refractivity contribution in [2.24, 2.45) is 5.73 Å². The Labute approximate surface area is 94.6 Å². The molecule has 1 aliphatic rings. The predicted molar refractivity (Wildman–Crippen MR) is 58.6 cm³/mol. The van der Waals surface area contributed by atoms with Crippen molar-refractivity contribution in [3.05, 3.63) is 0 Å². The number of aliphatic hydroxyl groups excluding tert-OH is 1. The maximum absolute atomic E-state index is 11.4. The minimum Gasteiger partial charge on any atom is -0.394 e. The summed E-state index contributed by atoms with van der Waals surface area (Å²) in [5, 5.41) is 14.4. The number of rotatable bonds is 4. The zero-order valence-corrected chi connectivity index (χ0v) is 9.45. The Bertz CT molecular complexity index is 274. The molecular formula is C10H19N3O3. The van der Waals surface area contributed by atoms with Crippen molar-refractivity contribution in [1.82, 2.24) is 10.6 Å². The van der Waals surface area contributed by atoms with Gasteiger partial charge in [0.25, 0.3) is 0 Å². The van der Waals surface area contributed by atoms with E-state index in [0.717, 1.165) is 25.7 Å². The van der Waals surface area contributed by atoms with E-state index >= 15 is 0 Å². The van der Waals surface area contributed by atoms with Crippen molar-refractivity contribution in [3.8, 4) is 0 Å². The highest BCUT2D eigenvalue weighted by molar-refractivity contribution is 5.96. The van der Waals surface area contributed by atoms with Crippen LogP contribution in [0.3, 0.4) is 0 Å². The Kier molecular flexibility index (Phi) is 4.26. The van der Waals surface area contributed by atoms with E-state index in [4.69, 9.17) is 5.73 Å². The van der Waals surface area contributed by atoms with Crippen LogP contribution in [-0.4, -0.2) is 35.2 Å². The Morgan fingerprint density at radius 1 is 1.44 bits per heavy atom. The molecule has 92 valence electrons. The summed E-state index contributed by atoms with van der Waals surface area (Å²) >= 11 is 0. The molecule has 1 saturated carbocycles. The summed E-state index contributed by atoms with van der Waals surface area (Å²) in [6.45, 7) is 1.65. The number of nitrogens with two attached hydrogens (primary N) is 1. The lowest BCUT2D eigenvalue weighted by Gasteiger charge is -2.31. The van der Waals surface area contributed by atoms with Crippen molar-refractivity contribution < 1.29 is 14.7 Å². The molecule has 1 aliphatic carbocycles. The van der Waals surface area contributed by atoms with Crippen LogP contribution in [0, 0.1) is 0 Å². The van der Waals surface area contributed by atoms with Gasteiger partial charge in [0, 0.05) is 5.54 Å². The third kappa shape index (κ3) is 3.18. The Morgan fingerprint density at radius 3 is 2.44 bits per heavy atom. The number of imide groups is 1. The highest BCUT2D eigenvalue weighted by Crippen LogP contribution is 2.29. The topological polar surface area (TPSA) is 104 Å². The van der Waals surface area contributed by atoms with E-state index in [2.05, 4.69) is 5.32 Å². The number of hydrogen-bond donors (Lipinski definition) is 4. The molecular weight excluding hydrogens is 210 g/mol. The lowest BCUT2D eigenvalue weighted by Crippen LogP contribution is -2.56. The molecule has 0 bridgehead atoms. The molecule has 16 heavy (non-hydrogen) atoms. The third-order valence-electron chi connectivity index (χ3n) is 3.03. The first-order valence-electron chi connectivity index (χ1n) is 5.48. The minimum absolute atomic E-state index is 0.00118. The van der Waals surface area contributed by atoms with E-state index in [1.165, 1.54) is 0 Å². The number of amides is 3. The number of nitrogens with one attached hydrogen (secondary N) is 2. The SMILES string of the molecule is CC(NC1(CO)CCCC1)C(=O)NC(N)=O. The fourth-order valence-electron chi connectivity index (χ4n) is 2.15. The number of carbonyl (C=O) groups is 2. The van der Waals surface area contributed by atoms with Gasteiger partial charge in [0.1, 0.15) is 0 Å². The molecule has 1 fully saturated rings. The second-order valence-corrected chi connectivity index (χ2v) is 4.37. The molecule has 0 heterocycles. The molecule has 6 nitrogen and oxygen atoms in total. The van der Waals surface area contributed by atoms with Gasteiger partial charge in [-0.2, -0.15) is 0 Å². The molecule has 0 aliphatic heterocycles. The molecule has 1 unspecified atom stereocenters. The molecule has 6 heteroatoms. The zero-order valence-electron chi connectivity index (χ0n) is 9.45.